The van der Waals surface area contributed by atoms with Crippen LogP contribution in [-0.2, 0) is 0 Å². The van der Waals surface area contributed by atoms with Crippen molar-refractivity contribution in [2.75, 3.05) is 23.7 Å². The van der Waals surface area contributed by atoms with Gasteiger partial charge in [-0.2, -0.15) is 4.98 Å². The Morgan fingerprint density at radius 3 is 2.53 bits per heavy atom. The number of nitrogen functional groups attached to an aromatic ring is 1. The van der Waals surface area contributed by atoms with Crippen LogP contribution in [-0.4, -0.2) is 33.5 Å². The SMILES string of the molecule is N=c1nc(N2CCCC2)cc(N)n1O.O. The van der Waals surface area contributed by atoms with Crippen molar-refractivity contribution in [3.63, 3.8) is 0 Å². The Morgan fingerprint density at radius 2 is 2.00 bits per heavy atom. The molecule has 1 saturated heterocycles. The number of aromatic nitrogens is 2. The molecule has 0 unspecified atom stereocenters. The van der Waals surface area contributed by atoms with Gasteiger partial charge in [0.05, 0.1) is 0 Å². The van der Waals surface area contributed by atoms with Gasteiger partial charge in [-0.1, -0.05) is 0 Å². The van der Waals surface area contributed by atoms with Crippen LogP contribution < -0.4 is 16.3 Å². The van der Waals surface area contributed by atoms with Gasteiger partial charge in [-0.15, -0.1) is 4.73 Å². The zero-order chi connectivity index (χ0) is 10.1. The van der Waals surface area contributed by atoms with Gasteiger partial charge in [-0.05, 0) is 12.8 Å². The number of nitrogens with two attached hydrogens (primary N) is 1. The minimum absolute atomic E-state index is 0. The fourth-order valence-corrected chi connectivity index (χ4v) is 1.61. The van der Waals surface area contributed by atoms with E-state index in [1.54, 1.807) is 6.07 Å². The van der Waals surface area contributed by atoms with Gasteiger partial charge in [-0.25, -0.2) is 0 Å². The van der Waals surface area contributed by atoms with Gasteiger partial charge in [0.2, 0.25) is 0 Å². The molecule has 0 radical (unpaired) electrons. The van der Waals surface area contributed by atoms with Crippen molar-refractivity contribution in [2.45, 2.75) is 12.8 Å². The molecule has 84 valence electrons. The Morgan fingerprint density at radius 1 is 1.40 bits per heavy atom. The molecule has 0 bridgehead atoms. The lowest BCUT2D eigenvalue weighted by Gasteiger charge is -2.16. The second-order valence-electron chi connectivity index (χ2n) is 3.37. The van der Waals surface area contributed by atoms with E-state index in [2.05, 4.69) is 9.88 Å². The van der Waals surface area contributed by atoms with Gasteiger partial charge < -0.3 is 21.3 Å². The highest BCUT2D eigenvalue weighted by molar-refractivity contribution is 5.46. The average molecular weight is 213 g/mol. The lowest BCUT2D eigenvalue weighted by atomic mass is 10.4. The summed E-state index contributed by atoms with van der Waals surface area (Å²) < 4.78 is 0.569. The highest BCUT2D eigenvalue weighted by Gasteiger charge is 2.14. The molecule has 6 N–H and O–H groups in total. The van der Waals surface area contributed by atoms with E-state index in [0.29, 0.717) is 10.5 Å². The van der Waals surface area contributed by atoms with Crippen LogP contribution in [0.2, 0.25) is 0 Å². The Bertz CT molecular complexity index is 397. The summed E-state index contributed by atoms with van der Waals surface area (Å²) >= 11 is 0. The number of anilines is 2. The predicted molar refractivity (Wildman–Crippen MR) is 54.7 cm³/mol. The van der Waals surface area contributed by atoms with Gasteiger partial charge in [-0.3, -0.25) is 5.41 Å². The number of rotatable bonds is 1. The molecular weight excluding hydrogens is 198 g/mol. The van der Waals surface area contributed by atoms with Crippen LogP contribution in [0.5, 0.6) is 0 Å². The quantitative estimate of drug-likeness (QED) is 0.515. The first kappa shape index (κ1) is 11.3. The molecule has 1 aromatic heterocycles. The van der Waals surface area contributed by atoms with Gasteiger partial charge in [0.25, 0.3) is 5.62 Å². The van der Waals surface area contributed by atoms with E-state index < -0.39 is 0 Å². The summed E-state index contributed by atoms with van der Waals surface area (Å²) in [6.07, 6.45) is 2.28. The molecule has 1 aliphatic rings. The summed E-state index contributed by atoms with van der Waals surface area (Å²) in [5, 5.41) is 16.6. The van der Waals surface area contributed by atoms with Gasteiger partial charge in [0.15, 0.2) is 0 Å². The van der Waals surface area contributed by atoms with Crippen LogP contribution in [0.1, 0.15) is 12.8 Å². The molecule has 2 heterocycles. The lowest BCUT2D eigenvalue weighted by Crippen LogP contribution is -2.28. The lowest BCUT2D eigenvalue weighted by molar-refractivity contribution is 0.171. The smallest absolute Gasteiger partial charge is 0.259 e. The van der Waals surface area contributed by atoms with Crippen molar-refractivity contribution in [2.24, 2.45) is 0 Å². The molecule has 0 aliphatic carbocycles. The molecule has 1 aliphatic heterocycles. The summed E-state index contributed by atoms with van der Waals surface area (Å²) in [5.41, 5.74) is 5.29. The Balaban J connectivity index is 0.00000112. The number of hydrogen-bond acceptors (Lipinski definition) is 5. The van der Waals surface area contributed by atoms with E-state index in [1.165, 1.54) is 0 Å². The molecule has 7 nitrogen and oxygen atoms in total. The van der Waals surface area contributed by atoms with E-state index in [0.717, 1.165) is 25.9 Å². The molecule has 0 amide bonds. The molecule has 15 heavy (non-hydrogen) atoms. The topological polar surface area (TPSA) is 123 Å². The van der Waals surface area contributed by atoms with Gasteiger partial charge in [0, 0.05) is 19.2 Å². The van der Waals surface area contributed by atoms with E-state index in [-0.39, 0.29) is 16.9 Å². The normalized spacial score (nSPS) is 15.1. The van der Waals surface area contributed by atoms with Crippen molar-refractivity contribution in [3.05, 3.63) is 11.7 Å². The maximum absolute atomic E-state index is 9.20. The number of nitrogens with zero attached hydrogens (tertiary/aromatic N) is 3. The molecule has 0 saturated carbocycles. The summed E-state index contributed by atoms with van der Waals surface area (Å²) in [4.78, 5) is 6.00. The summed E-state index contributed by atoms with van der Waals surface area (Å²) in [7, 11) is 0. The van der Waals surface area contributed by atoms with Gasteiger partial charge in [0.1, 0.15) is 11.6 Å². The maximum atomic E-state index is 9.20. The molecule has 1 aromatic rings. The van der Waals surface area contributed by atoms with E-state index in [9.17, 15) is 5.21 Å². The molecule has 2 rings (SSSR count). The first-order valence-corrected chi connectivity index (χ1v) is 4.57. The van der Waals surface area contributed by atoms with Crippen LogP contribution in [0.15, 0.2) is 6.07 Å². The fraction of sp³-hybridized carbons (Fsp3) is 0.500. The van der Waals surface area contributed by atoms with Crippen molar-refractivity contribution in [1.29, 1.82) is 5.41 Å². The van der Waals surface area contributed by atoms with Crippen molar-refractivity contribution in [1.82, 2.24) is 9.71 Å². The second kappa shape index (κ2) is 4.18. The molecule has 7 heteroatoms. The third kappa shape index (κ3) is 2.01. The van der Waals surface area contributed by atoms with Crippen LogP contribution in [0.3, 0.4) is 0 Å². The molecule has 0 aromatic carbocycles. The molecule has 1 fully saturated rings. The molecule has 0 atom stereocenters. The number of nitrogens with one attached hydrogen (secondary N) is 1. The monoisotopic (exact) mass is 213 g/mol. The molecule has 0 spiro atoms. The Labute approximate surface area is 86.5 Å². The average Bonchev–Trinajstić information content (AvgIpc) is 2.66. The summed E-state index contributed by atoms with van der Waals surface area (Å²) in [6.45, 7) is 1.89. The zero-order valence-corrected chi connectivity index (χ0v) is 8.27. The second-order valence-corrected chi connectivity index (χ2v) is 3.37. The summed E-state index contributed by atoms with van der Waals surface area (Å²) in [6, 6.07) is 1.59. The largest absolute Gasteiger partial charge is 0.423 e. The van der Waals surface area contributed by atoms with Crippen LogP contribution in [0.4, 0.5) is 11.6 Å². The standard InChI is InChI=1S/C8H13N5O.H2O/c9-6-5-7(11-8(10)13(6)14)12-3-1-2-4-12;/h5,10,14H,1-4,9H2;1H2. The van der Waals surface area contributed by atoms with E-state index in [1.807, 2.05) is 0 Å². The van der Waals surface area contributed by atoms with Crippen molar-refractivity contribution in [3.8, 4) is 0 Å². The first-order valence-electron chi connectivity index (χ1n) is 4.57. The van der Waals surface area contributed by atoms with E-state index in [4.69, 9.17) is 11.1 Å². The third-order valence-electron chi connectivity index (χ3n) is 2.37. The van der Waals surface area contributed by atoms with Gasteiger partial charge >= 0.3 is 0 Å². The first-order chi connectivity index (χ1) is 6.68. The van der Waals surface area contributed by atoms with Crippen molar-refractivity contribution >= 4 is 11.6 Å². The minimum atomic E-state index is -0.230. The van der Waals surface area contributed by atoms with Crippen LogP contribution in [0.25, 0.3) is 0 Å². The van der Waals surface area contributed by atoms with Crippen molar-refractivity contribution < 1.29 is 10.7 Å². The van der Waals surface area contributed by atoms with Crippen LogP contribution in [0, 0.1) is 5.41 Å². The minimum Gasteiger partial charge on any atom is -0.423 e. The predicted octanol–water partition coefficient (Wildman–Crippen LogP) is -1.04. The Kier molecular flexibility index (Phi) is 3.15. The molecular formula is C8H15N5O2. The maximum Gasteiger partial charge on any atom is 0.259 e. The third-order valence-corrected chi connectivity index (χ3v) is 2.37. The Hall–Kier alpha value is -1.76. The van der Waals surface area contributed by atoms with Crippen LogP contribution >= 0.6 is 0 Å². The highest BCUT2D eigenvalue weighted by atomic mass is 16.5. The zero-order valence-electron chi connectivity index (χ0n) is 8.27. The highest BCUT2D eigenvalue weighted by Crippen LogP contribution is 2.17. The fourth-order valence-electron chi connectivity index (χ4n) is 1.61. The number of hydrogen-bond donors (Lipinski definition) is 3. The van der Waals surface area contributed by atoms with E-state index >= 15 is 0 Å². The summed E-state index contributed by atoms with van der Waals surface area (Å²) in [5.74, 6) is 0.821.